The van der Waals surface area contributed by atoms with Crippen molar-refractivity contribution >= 4 is 52.3 Å². The highest BCUT2D eigenvalue weighted by Gasteiger charge is 2.31. The summed E-state index contributed by atoms with van der Waals surface area (Å²) in [5, 5.41) is 18.2. The maximum Gasteiger partial charge on any atom is 0.490 e. The zero-order chi connectivity index (χ0) is 26.8. The Labute approximate surface area is 219 Å². The lowest BCUT2D eigenvalue weighted by molar-refractivity contribution is 0.0572. The minimum atomic E-state index is -1.55. The van der Waals surface area contributed by atoms with Gasteiger partial charge in [0.2, 0.25) is 0 Å². The molecule has 0 unspecified atom stereocenters. The van der Waals surface area contributed by atoms with Crippen LogP contribution in [0.25, 0.3) is 0 Å². The monoisotopic (exact) mass is 562 g/mol. The van der Waals surface area contributed by atoms with E-state index in [2.05, 4.69) is 25.9 Å². The average Bonchev–Trinajstić information content (AvgIpc) is 3.35. The molecule has 2 N–H and O–H groups in total. The summed E-state index contributed by atoms with van der Waals surface area (Å²) in [5.41, 5.74) is 1.18. The van der Waals surface area contributed by atoms with Crippen molar-refractivity contribution in [1.29, 1.82) is 0 Å². The molecule has 0 saturated carbocycles. The average molecular weight is 563 g/mol. The molecule has 0 fully saturated rings. The summed E-state index contributed by atoms with van der Waals surface area (Å²) >= 11 is 3.37. The first-order chi connectivity index (χ1) is 16.6. The number of anilines is 2. The van der Waals surface area contributed by atoms with Gasteiger partial charge in [-0.25, -0.2) is 19.6 Å². The van der Waals surface area contributed by atoms with Crippen LogP contribution in [0.5, 0.6) is 0 Å². The van der Waals surface area contributed by atoms with Crippen molar-refractivity contribution in [2.45, 2.75) is 65.6 Å². The largest absolute Gasteiger partial charge is 0.490 e. The predicted octanol–water partition coefficient (Wildman–Crippen LogP) is 3.20. The van der Waals surface area contributed by atoms with E-state index in [0.717, 1.165) is 22.0 Å². The number of carbonyl (C=O) groups is 2. The molecule has 10 nitrogen and oxygen atoms in total. The number of rotatable bonds is 1. The van der Waals surface area contributed by atoms with Crippen molar-refractivity contribution in [3.63, 3.8) is 0 Å². The van der Waals surface area contributed by atoms with E-state index >= 15 is 0 Å². The second-order valence-corrected chi connectivity index (χ2v) is 11.4. The maximum absolute atomic E-state index is 12.0. The van der Waals surface area contributed by atoms with Gasteiger partial charge in [-0.1, -0.05) is 6.07 Å². The number of nitrogens with zero attached hydrogens (tertiary/aromatic N) is 4. The number of hydrogen-bond acceptors (Lipinski definition) is 8. The third-order valence-electron chi connectivity index (χ3n) is 5.12. The molecule has 0 bridgehead atoms. The minimum absolute atomic E-state index is 0.324. The molecular weight excluding hydrogens is 531 g/mol. The van der Waals surface area contributed by atoms with Crippen LogP contribution in [0.2, 0.25) is 0 Å². The molecule has 194 valence electrons. The molecule has 2 aliphatic heterocycles. The quantitative estimate of drug-likeness (QED) is 0.507. The summed E-state index contributed by atoms with van der Waals surface area (Å²) in [5.74, 6) is 1.24. The van der Waals surface area contributed by atoms with Crippen molar-refractivity contribution in [3.05, 3.63) is 40.1 Å². The first-order valence-corrected chi connectivity index (χ1v) is 12.4. The van der Waals surface area contributed by atoms with Crippen LogP contribution < -0.4 is 15.3 Å². The normalized spacial score (nSPS) is 14.5. The second-order valence-electron chi connectivity index (χ2n) is 10.5. The second kappa shape index (κ2) is 10.7. The standard InChI is InChI=1S/C12H17BN2O4.C12H15BrN2O2/c1-12(2,3)19-11(16)15-5-4-8-6-9(13(17)18)7-14-10(8)15;1-12(2,3)17-11(16)15-5-4-8-6-9(13)7-14-10(8)15/h6-7,17-18H,4-5H2,1-3H3;6-7H,4-5H2,1-3H3. The maximum atomic E-state index is 12.0. The topological polar surface area (TPSA) is 125 Å². The van der Waals surface area contributed by atoms with Crippen LogP contribution in [0, 0.1) is 0 Å². The molecule has 0 spiro atoms. The van der Waals surface area contributed by atoms with Gasteiger partial charge in [-0.05, 0) is 87.5 Å². The molecule has 36 heavy (non-hydrogen) atoms. The number of hydrogen-bond donors (Lipinski definition) is 2. The molecule has 0 saturated heterocycles. The van der Waals surface area contributed by atoms with Gasteiger partial charge in [0.05, 0.1) is 0 Å². The highest BCUT2D eigenvalue weighted by molar-refractivity contribution is 9.10. The first-order valence-electron chi connectivity index (χ1n) is 11.6. The molecule has 2 aromatic heterocycles. The summed E-state index contributed by atoms with van der Waals surface area (Å²) in [6.45, 7) is 12.1. The molecule has 12 heteroatoms. The SMILES string of the molecule is CC(C)(C)OC(=O)N1CCc2cc(B(O)O)cnc21.CC(C)(C)OC(=O)N1CCc2cc(Br)cnc21. The Hall–Kier alpha value is -2.70. The van der Waals surface area contributed by atoms with Gasteiger partial charge in [0.25, 0.3) is 0 Å². The van der Waals surface area contributed by atoms with Crippen molar-refractivity contribution in [1.82, 2.24) is 9.97 Å². The first kappa shape index (κ1) is 27.9. The van der Waals surface area contributed by atoms with Crippen LogP contribution in [0.15, 0.2) is 29.0 Å². The third-order valence-corrected chi connectivity index (χ3v) is 5.55. The highest BCUT2D eigenvalue weighted by atomic mass is 79.9. The number of pyridine rings is 2. The van der Waals surface area contributed by atoms with Gasteiger partial charge < -0.3 is 19.5 Å². The van der Waals surface area contributed by atoms with Gasteiger partial charge >= 0.3 is 19.3 Å². The highest BCUT2D eigenvalue weighted by Crippen LogP contribution is 2.29. The van der Waals surface area contributed by atoms with E-state index in [-0.39, 0.29) is 6.09 Å². The number of fused-ring (bicyclic) bond motifs is 2. The van der Waals surface area contributed by atoms with E-state index in [4.69, 9.17) is 19.5 Å². The van der Waals surface area contributed by atoms with Crippen molar-refractivity contribution in [2.24, 2.45) is 0 Å². The molecule has 2 aliphatic rings. The Bertz CT molecular complexity index is 1130. The van der Waals surface area contributed by atoms with Crippen LogP contribution >= 0.6 is 15.9 Å². The molecular formula is C24H32BBrN4O6. The van der Waals surface area contributed by atoms with E-state index in [9.17, 15) is 9.59 Å². The predicted molar refractivity (Wildman–Crippen MR) is 141 cm³/mol. The molecule has 2 aromatic rings. The van der Waals surface area contributed by atoms with Crippen molar-refractivity contribution in [3.8, 4) is 0 Å². The molecule has 4 heterocycles. The fourth-order valence-corrected chi connectivity index (χ4v) is 4.04. The number of aromatic nitrogens is 2. The lowest BCUT2D eigenvalue weighted by Gasteiger charge is -2.24. The Morgan fingerprint density at radius 1 is 0.861 bits per heavy atom. The van der Waals surface area contributed by atoms with E-state index in [0.29, 0.717) is 36.6 Å². The Morgan fingerprint density at radius 2 is 1.31 bits per heavy atom. The minimum Gasteiger partial charge on any atom is -0.443 e. The lowest BCUT2D eigenvalue weighted by Crippen LogP contribution is -2.36. The summed E-state index contributed by atoms with van der Waals surface area (Å²) in [6, 6.07) is 3.64. The van der Waals surface area contributed by atoms with Crippen molar-refractivity contribution in [2.75, 3.05) is 22.9 Å². The van der Waals surface area contributed by atoms with Gasteiger partial charge in [-0.15, -0.1) is 0 Å². The molecule has 0 radical (unpaired) electrons. The summed E-state index contributed by atoms with van der Waals surface area (Å²) in [4.78, 5) is 35.4. The van der Waals surface area contributed by atoms with Gasteiger partial charge in [-0.2, -0.15) is 0 Å². The summed E-state index contributed by atoms with van der Waals surface area (Å²) in [6.07, 6.45) is 3.73. The van der Waals surface area contributed by atoms with Gasteiger partial charge in [0, 0.05) is 35.4 Å². The molecule has 0 atom stereocenters. The van der Waals surface area contributed by atoms with Gasteiger partial charge in [0.15, 0.2) is 0 Å². The third kappa shape index (κ3) is 7.17. The summed E-state index contributed by atoms with van der Waals surface area (Å²) < 4.78 is 11.6. The van der Waals surface area contributed by atoms with Crippen LogP contribution in [0.1, 0.15) is 52.7 Å². The van der Waals surface area contributed by atoms with Gasteiger partial charge in [-0.3, -0.25) is 9.80 Å². The van der Waals surface area contributed by atoms with Crippen LogP contribution in [-0.2, 0) is 22.3 Å². The Balaban J connectivity index is 0.000000202. The summed E-state index contributed by atoms with van der Waals surface area (Å²) in [7, 11) is -1.55. The van der Waals surface area contributed by atoms with Crippen LogP contribution in [0.4, 0.5) is 21.2 Å². The zero-order valence-corrected chi connectivity index (χ0v) is 23.0. The fraction of sp³-hybridized carbons (Fsp3) is 0.500. The van der Waals surface area contributed by atoms with E-state index < -0.39 is 24.4 Å². The van der Waals surface area contributed by atoms with E-state index in [1.165, 1.54) is 11.1 Å². The molecule has 2 amide bonds. The Kier molecular flexibility index (Phi) is 8.32. The van der Waals surface area contributed by atoms with Crippen LogP contribution in [-0.4, -0.2) is 63.6 Å². The molecule has 0 aromatic carbocycles. The molecule has 4 rings (SSSR count). The number of halogens is 1. The van der Waals surface area contributed by atoms with Gasteiger partial charge in [0.1, 0.15) is 22.8 Å². The van der Waals surface area contributed by atoms with E-state index in [1.807, 2.05) is 26.8 Å². The molecule has 0 aliphatic carbocycles. The van der Waals surface area contributed by atoms with E-state index in [1.54, 1.807) is 37.9 Å². The lowest BCUT2D eigenvalue weighted by atomic mass is 9.81. The number of amides is 2. The zero-order valence-electron chi connectivity index (χ0n) is 21.4. The van der Waals surface area contributed by atoms with Crippen LogP contribution in [0.3, 0.4) is 0 Å². The Morgan fingerprint density at radius 3 is 1.75 bits per heavy atom. The fourth-order valence-electron chi connectivity index (χ4n) is 3.66. The number of ether oxygens (including phenoxy) is 2. The smallest absolute Gasteiger partial charge is 0.443 e. The number of carbonyl (C=O) groups excluding carboxylic acids is 2. The van der Waals surface area contributed by atoms with Crippen molar-refractivity contribution < 1.29 is 29.1 Å².